The number of amides is 1. The van der Waals surface area contributed by atoms with Crippen molar-refractivity contribution in [2.75, 3.05) is 13.1 Å². The zero-order valence-electron chi connectivity index (χ0n) is 12.9. The number of nitrogens with zero attached hydrogens (tertiary/aromatic N) is 1. The smallest absolute Gasteiger partial charge is 0.407 e. The van der Waals surface area contributed by atoms with Crippen molar-refractivity contribution in [2.24, 2.45) is 0 Å². The molecule has 0 aliphatic carbocycles. The number of sulfonamides is 1. The molecule has 1 rings (SSSR count). The molecule has 0 saturated heterocycles. The molecule has 1 aromatic rings. The lowest BCUT2D eigenvalue weighted by molar-refractivity contribution is 0.140. The average Bonchev–Trinajstić information content (AvgIpc) is 3.01. The minimum Gasteiger partial charge on any atom is -0.444 e. The number of ether oxygens (including phenoxy) is 1. The fourth-order valence-corrected chi connectivity index (χ4v) is 3.18. The van der Waals surface area contributed by atoms with E-state index in [9.17, 15) is 13.2 Å². The highest BCUT2D eigenvalue weighted by Crippen LogP contribution is 2.06. The Balaban J connectivity index is 2.04. The summed E-state index contributed by atoms with van der Waals surface area (Å²) < 4.78 is 31.0. The van der Waals surface area contributed by atoms with Crippen molar-refractivity contribution in [3.8, 4) is 0 Å². The van der Waals surface area contributed by atoms with E-state index in [1.807, 2.05) is 6.92 Å². The molecule has 1 heterocycles. The largest absolute Gasteiger partial charge is 0.444 e. The van der Waals surface area contributed by atoms with Crippen LogP contribution in [0.4, 0.5) is 4.79 Å². The van der Waals surface area contributed by atoms with Crippen molar-refractivity contribution in [3.63, 3.8) is 0 Å². The van der Waals surface area contributed by atoms with Gasteiger partial charge in [0, 0.05) is 19.3 Å². The van der Waals surface area contributed by atoms with Crippen molar-refractivity contribution in [1.82, 2.24) is 15.0 Å². The van der Waals surface area contributed by atoms with Gasteiger partial charge < -0.3 is 10.1 Å². The number of carbonyl (C=O) groups excluding carboxylic acids is 1. The van der Waals surface area contributed by atoms with Gasteiger partial charge in [-0.2, -0.15) is 0 Å². The van der Waals surface area contributed by atoms with Gasteiger partial charge in [0.05, 0.1) is 15.6 Å². The summed E-state index contributed by atoms with van der Waals surface area (Å²) in [7, 11) is -3.21. The molecule has 0 bridgehead atoms. The molecule has 0 aromatic carbocycles. The second kappa shape index (κ2) is 9.75. The van der Waals surface area contributed by atoms with Gasteiger partial charge in [-0.3, -0.25) is 4.98 Å². The summed E-state index contributed by atoms with van der Waals surface area (Å²) >= 11 is 1.42. The third-order valence-corrected chi connectivity index (χ3v) is 5.86. The number of aromatic nitrogens is 1. The predicted octanol–water partition coefficient (Wildman–Crippen LogP) is 1.87. The van der Waals surface area contributed by atoms with Gasteiger partial charge in [0.15, 0.2) is 0 Å². The molecule has 1 unspecified atom stereocenters. The number of hydrogen-bond acceptors (Lipinski definition) is 6. The molecule has 22 heavy (non-hydrogen) atoms. The number of rotatable bonds is 10. The van der Waals surface area contributed by atoms with Gasteiger partial charge in [-0.25, -0.2) is 17.9 Å². The van der Waals surface area contributed by atoms with Crippen LogP contribution in [0.25, 0.3) is 0 Å². The number of alkyl carbamates (subject to hydrolysis) is 1. The quantitative estimate of drug-likeness (QED) is 0.629. The Morgan fingerprint density at radius 3 is 2.77 bits per heavy atom. The summed E-state index contributed by atoms with van der Waals surface area (Å²) in [6.45, 7) is 4.57. The summed E-state index contributed by atoms with van der Waals surface area (Å²) in [5.41, 5.74) is 1.68. The lowest BCUT2D eigenvalue weighted by atomic mass is 10.3. The van der Waals surface area contributed by atoms with E-state index >= 15 is 0 Å². The van der Waals surface area contributed by atoms with Gasteiger partial charge in [-0.1, -0.05) is 6.92 Å². The Bertz CT molecular complexity index is 531. The van der Waals surface area contributed by atoms with Crippen molar-refractivity contribution < 1.29 is 17.9 Å². The van der Waals surface area contributed by atoms with Crippen LogP contribution < -0.4 is 10.0 Å². The molecule has 0 aliphatic rings. The first-order valence-electron chi connectivity index (χ1n) is 7.22. The fourth-order valence-electron chi connectivity index (χ4n) is 1.52. The van der Waals surface area contributed by atoms with E-state index in [0.29, 0.717) is 32.4 Å². The summed E-state index contributed by atoms with van der Waals surface area (Å²) in [6.07, 6.45) is 3.10. The minimum absolute atomic E-state index is 0.213. The summed E-state index contributed by atoms with van der Waals surface area (Å²) in [6, 6.07) is 0. The van der Waals surface area contributed by atoms with Crippen molar-refractivity contribution in [3.05, 3.63) is 16.6 Å². The van der Waals surface area contributed by atoms with Crippen molar-refractivity contribution >= 4 is 27.5 Å². The highest BCUT2D eigenvalue weighted by atomic mass is 32.2. The van der Waals surface area contributed by atoms with Crippen LogP contribution in [0.5, 0.6) is 0 Å². The van der Waals surface area contributed by atoms with Gasteiger partial charge >= 0.3 is 6.09 Å². The molecular formula is C13H23N3O4S2. The Kier molecular flexibility index (Phi) is 8.36. The average molecular weight is 349 g/mol. The maximum Gasteiger partial charge on any atom is 0.407 e. The first-order valence-corrected chi connectivity index (χ1v) is 9.64. The van der Waals surface area contributed by atoms with Gasteiger partial charge in [0.25, 0.3) is 0 Å². The van der Waals surface area contributed by atoms with Crippen LogP contribution in [0.1, 0.15) is 38.0 Å². The van der Waals surface area contributed by atoms with E-state index in [2.05, 4.69) is 15.0 Å². The van der Waals surface area contributed by atoms with E-state index in [1.54, 1.807) is 18.6 Å². The number of hydrogen-bond donors (Lipinski definition) is 2. The molecule has 1 aromatic heterocycles. The first-order chi connectivity index (χ1) is 10.5. The van der Waals surface area contributed by atoms with Crippen LogP contribution in [0, 0.1) is 0 Å². The van der Waals surface area contributed by atoms with Crippen LogP contribution in [-0.2, 0) is 21.4 Å². The number of carbonyl (C=O) groups is 1. The van der Waals surface area contributed by atoms with E-state index in [1.165, 1.54) is 11.3 Å². The van der Waals surface area contributed by atoms with Gasteiger partial charge in [0.2, 0.25) is 10.0 Å². The van der Waals surface area contributed by atoms with Crippen LogP contribution in [-0.4, -0.2) is 37.8 Å². The van der Waals surface area contributed by atoms with Crippen LogP contribution in [0.3, 0.4) is 0 Å². The second-order valence-corrected chi connectivity index (χ2v) is 7.99. The Hall–Kier alpha value is -1.19. The maximum atomic E-state index is 11.7. The van der Waals surface area contributed by atoms with Crippen LogP contribution in [0.2, 0.25) is 0 Å². The first kappa shape index (κ1) is 18.9. The van der Waals surface area contributed by atoms with Gasteiger partial charge in [-0.05, 0) is 26.2 Å². The molecule has 1 atom stereocenters. The summed E-state index contributed by atoms with van der Waals surface area (Å²) in [4.78, 5) is 16.2. The topological polar surface area (TPSA) is 97.4 Å². The molecule has 9 heteroatoms. The lowest BCUT2D eigenvalue weighted by Crippen LogP contribution is -2.33. The lowest BCUT2D eigenvalue weighted by Gasteiger charge is -2.11. The Morgan fingerprint density at radius 1 is 1.41 bits per heavy atom. The van der Waals surface area contributed by atoms with Crippen molar-refractivity contribution in [1.29, 1.82) is 0 Å². The zero-order valence-corrected chi connectivity index (χ0v) is 14.5. The highest BCUT2D eigenvalue weighted by Gasteiger charge is 2.17. The van der Waals surface area contributed by atoms with E-state index < -0.39 is 16.1 Å². The molecule has 7 nitrogen and oxygen atoms in total. The van der Waals surface area contributed by atoms with Crippen LogP contribution >= 0.6 is 11.3 Å². The van der Waals surface area contributed by atoms with E-state index in [0.717, 1.165) is 4.88 Å². The predicted molar refractivity (Wildman–Crippen MR) is 86.2 cm³/mol. The van der Waals surface area contributed by atoms with E-state index in [4.69, 9.17) is 4.74 Å². The SMILES string of the molecule is CCC(C)S(=O)(=O)NCCCCNC(=O)OCc1cncs1. The van der Waals surface area contributed by atoms with Gasteiger partial charge in [-0.15, -0.1) is 11.3 Å². The highest BCUT2D eigenvalue weighted by molar-refractivity contribution is 7.90. The molecule has 2 N–H and O–H groups in total. The monoisotopic (exact) mass is 349 g/mol. The third kappa shape index (κ3) is 7.19. The Morgan fingerprint density at radius 2 is 2.14 bits per heavy atom. The summed E-state index contributed by atoms with van der Waals surface area (Å²) in [5.74, 6) is 0. The van der Waals surface area contributed by atoms with E-state index in [-0.39, 0.29) is 11.9 Å². The molecule has 0 fully saturated rings. The van der Waals surface area contributed by atoms with Gasteiger partial charge in [0.1, 0.15) is 6.61 Å². The molecule has 0 saturated carbocycles. The molecular weight excluding hydrogens is 326 g/mol. The third-order valence-electron chi connectivity index (χ3n) is 3.11. The normalized spacial score (nSPS) is 12.8. The van der Waals surface area contributed by atoms with Crippen molar-refractivity contribution in [2.45, 2.75) is 45.0 Å². The molecule has 0 radical (unpaired) electrons. The fraction of sp³-hybridized carbons (Fsp3) is 0.692. The zero-order chi connectivity index (χ0) is 16.4. The molecule has 0 spiro atoms. The van der Waals surface area contributed by atoms with Crippen LogP contribution in [0.15, 0.2) is 11.7 Å². The number of unbranched alkanes of at least 4 members (excludes halogenated alkanes) is 1. The Labute approximate surface area is 135 Å². The number of thiazole rings is 1. The molecule has 1 amide bonds. The molecule has 126 valence electrons. The molecule has 0 aliphatic heterocycles. The minimum atomic E-state index is -3.21. The maximum absolute atomic E-state index is 11.7. The summed E-state index contributed by atoms with van der Waals surface area (Å²) in [5, 5.41) is 2.24. The second-order valence-electron chi connectivity index (χ2n) is 4.84. The standard InChI is InChI=1S/C13H23N3O4S2/c1-3-11(2)22(18,19)16-7-5-4-6-15-13(17)20-9-12-8-14-10-21-12/h8,10-11,16H,3-7,9H2,1-2H3,(H,15,17). The number of nitrogens with one attached hydrogen (secondary N) is 2.